The molecule has 2 rings (SSSR count). The van der Waals surface area contributed by atoms with Crippen LogP contribution >= 0.6 is 36.6 Å². The van der Waals surface area contributed by atoms with E-state index in [0.717, 1.165) is 11.6 Å². The number of hydrogen-bond acceptors (Lipinski definition) is 3. The van der Waals surface area contributed by atoms with Crippen LogP contribution < -0.4 is 5.32 Å². The fraction of sp³-hybridized carbons (Fsp3) is 0.875. The SMILES string of the molecule is I.SCC1=NC2CCCCC2N1. The first kappa shape index (κ1) is 10.6. The Labute approximate surface area is 96.0 Å². The lowest BCUT2D eigenvalue weighted by Crippen LogP contribution is -2.37. The summed E-state index contributed by atoms with van der Waals surface area (Å²) >= 11 is 4.20. The van der Waals surface area contributed by atoms with E-state index in [0.29, 0.717) is 12.1 Å². The minimum Gasteiger partial charge on any atom is -0.368 e. The molecule has 0 amide bonds. The lowest BCUT2D eigenvalue weighted by Gasteiger charge is -2.23. The van der Waals surface area contributed by atoms with E-state index < -0.39 is 0 Å². The lowest BCUT2D eigenvalue weighted by atomic mass is 9.92. The van der Waals surface area contributed by atoms with Gasteiger partial charge in [0.15, 0.2) is 0 Å². The standard InChI is InChI=1S/C8H14N2S.HI/c11-5-8-9-6-3-1-2-4-7(6)10-8;/h6-7,11H,1-5H2,(H,9,10);1H. The summed E-state index contributed by atoms with van der Waals surface area (Å²) in [6.45, 7) is 0. The van der Waals surface area contributed by atoms with Crippen molar-refractivity contribution < 1.29 is 0 Å². The molecule has 0 saturated heterocycles. The maximum absolute atomic E-state index is 4.56. The predicted octanol–water partition coefficient (Wildman–Crippen LogP) is 1.85. The molecule has 2 atom stereocenters. The second kappa shape index (κ2) is 4.69. The first-order valence-electron chi connectivity index (χ1n) is 4.34. The number of halogens is 1. The second-order valence-corrected chi connectivity index (χ2v) is 3.65. The molecule has 0 aromatic carbocycles. The normalized spacial score (nSPS) is 32.9. The monoisotopic (exact) mass is 298 g/mol. The largest absolute Gasteiger partial charge is 0.368 e. The minimum atomic E-state index is 0. The first-order valence-corrected chi connectivity index (χ1v) is 4.97. The number of hydrogen-bond donors (Lipinski definition) is 2. The van der Waals surface area contributed by atoms with E-state index in [-0.39, 0.29) is 24.0 Å². The number of nitrogens with zero attached hydrogens (tertiary/aromatic N) is 1. The molecule has 1 aliphatic carbocycles. The number of aliphatic imine (C=N–C) groups is 1. The van der Waals surface area contributed by atoms with Gasteiger partial charge in [-0.25, -0.2) is 0 Å². The molecule has 12 heavy (non-hydrogen) atoms. The Morgan fingerprint density at radius 3 is 2.83 bits per heavy atom. The van der Waals surface area contributed by atoms with Gasteiger partial charge in [-0.05, 0) is 12.8 Å². The van der Waals surface area contributed by atoms with Crippen LogP contribution in [-0.2, 0) is 0 Å². The summed E-state index contributed by atoms with van der Waals surface area (Å²) in [6.07, 6.45) is 5.29. The molecule has 0 aromatic heterocycles. The number of thiol groups is 1. The summed E-state index contributed by atoms with van der Waals surface area (Å²) in [7, 11) is 0. The molecule has 1 N–H and O–H groups in total. The summed E-state index contributed by atoms with van der Waals surface area (Å²) < 4.78 is 0. The van der Waals surface area contributed by atoms with Crippen molar-refractivity contribution in [1.29, 1.82) is 0 Å². The van der Waals surface area contributed by atoms with E-state index in [1.54, 1.807) is 0 Å². The molecule has 0 radical (unpaired) electrons. The Balaban J connectivity index is 0.000000720. The zero-order valence-corrected chi connectivity index (χ0v) is 10.2. The number of amidine groups is 1. The van der Waals surface area contributed by atoms with Crippen molar-refractivity contribution >= 4 is 42.4 Å². The van der Waals surface area contributed by atoms with Gasteiger partial charge in [0.1, 0.15) is 5.84 Å². The van der Waals surface area contributed by atoms with Crippen LogP contribution in [0.5, 0.6) is 0 Å². The Bertz CT molecular complexity index is 184. The molecule has 0 bridgehead atoms. The molecule has 2 nitrogen and oxygen atoms in total. The van der Waals surface area contributed by atoms with E-state index >= 15 is 0 Å². The summed E-state index contributed by atoms with van der Waals surface area (Å²) in [5, 5.41) is 3.42. The Morgan fingerprint density at radius 1 is 1.42 bits per heavy atom. The average Bonchev–Trinajstić information content (AvgIpc) is 2.46. The van der Waals surface area contributed by atoms with Crippen LogP contribution in [0.25, 0.3) is 0 Å². The van der Waals surface area contributed by atoms with E-state index in [2.05, 4.69) is 22.9 Å². The molecule has 1 aliphatic heterocycles. The molecule has 1 saturated carbocycles. The third kappa shape index (κ3) is 2.07. The van der Waals surface area contributed by atoms with Crippen LogP contribution in [-0.4, -0.2) is 23.7 Å². The molecule has 2 unspecified atom stereocenters. The Kier molecular flexibility index (Phi) is 4.16. The van der Waals surface area contributed by atoms with Gasteiger partial charge in [-0.3, -0.25) is 4.99 Å². The van der Waals surface area contributed by atoms with Crippen molar-refractivity contribution in [3.63, 3.8) is 0 Å². The summed E-state index contributed by atoms with van der Waals surface area (Å²) in [5.74, 6) is 1.87. The van der Waals surface area contributed by atoms with Crippen molar-refractivity contribution in [1.82, 2.24) is 5.32 Å². The van der Waals surface area contributed by atoms with Gasteiger partial charge in [0.05, 0.1) is 6.04 Å². The fourth-order valence-corrected chi connectivity index (χ4v) is 2.15. The van der Waals surface area contributed by atoms with E-state index in [1.807, 2.05) is 0 Å². The van der Waals surface area contributed by atoms with E-state index in [9.17, 15) is 0 Å². The van der Waals surface area contributed by atoms with Crippen molar-refractivity contribution in [2.24, 2.45) is 4.99 Å². The minimum absolute atomic E-state index is 0. The Hall–Kier alpha value is 0.550. The van der Waals surface area contributed by atoms with Crippen LogP contribution in [0, 0.1) is 0 Å². The third-order valence-electron chi connectivity index (χ3n) is 2.55. The molecular weight excluding hydrogens is 283 g/mol. The molecule has 70 valence electrons. The number of fused-ring (bicyclic) bond motifs is 1. The van der Waals surface area contributed by atoms with Crippen LogP contribution in [0.1, 0.15) is 25.7 Å². The van der Waals surface area contributed by atoms with Crippen LogP contribution in [0.3, 0.4) is 0 Å². The highest BCUT2D eigenvalue weighted by atomic mass is 127. The molecule has 1 fully saturated rings. The van der Waals surface area contributed by atoms with Crippen LogP contribution in [0.4, 0.5) is 0 Å². The highest BCUT2D eigenvalue weighted by Gasteiger charge is 2.29. The first-order chi connectivity index (χ1) is 5.40. The molecule has 2 aliphatic rings. The number of nitrogens with one attached hydrogen (secondary N) is 1. The smallest absolute Gasteiger partial charge is 0.107 e. The van der Waals surface area contributed by atoms with Gasteiger partial charge in [0, 0.05) is 11.8 Å². The highest BCUT2D eigenvalue weighted by Crippen LogP contribution is 2.24. The van der Waals surface area contributed by atoms with Crippen molar-refractivity contribution in [3.05, 3.63) is 0 Å². The van der Waals surface area contributed by atoms with Gasteiger partial charge in [-0.2, -0.15) is 12.6 Å². The Morgan fingerprint density at radius 2 is 2.17 bits per heavy atom. The fourth-order valence-electron chi connectivity index (χ4n) is 1.97. The van der Waals surface area contributed by atoms with Gasteiger partial charge in [-0.15, -0.1) is 24.0 Å². The second-order valence-electron chi connectivity index (χ2n) is 3.34. The summed E-state index contributed by atoms with van der Waals surface area (Å²) in [4.78, 5) is 4.56. The van der Waals surface area contributed by atoms with Gasteiger partial charge in [0.2, 0.25) is 0 Å². The number of rotatable bonds is 1. The summed E-state index contributed by atoms with van der Waals surface area (Å²) in [6, 6.07) is 1.22. The van der Waals surface area contributed by atoms with Gasteiger partial charge in [-0.1, -0.05) is 12.8 Å². The lowest BCUT2D eigenvalue weighted by molar-refractivity contribution is 0.384. The molecule has 0 spiro atoms. The third-order valence-corrected chi connectivity index (χ3v) is 2.85. The molecule has 1 heterocycles. The highest BCUT2D eigenvalue weighted by molar-refractivity contribution is 14.0. The van der Waals surface area contributed by atoms with Gasteiger partial charge in [0.25, 0.3) is 0 Å². The summed E-state index contributed by atoms with van der Waals surface area (Å²) in [5.41, 5.74) is 0. The van der Waals surface area contributed by atoms with Crippen molar-refractivity contribution in [2.45, 2.75) is 37.8 Å². The van der Waals surface area contributed by atoms with Crippen molar-refractivity contribution in [2.75, 3.05) is 5.75 Å². The van der Waals surface area contributed by atoms with Crippen LogP contribution in [0.15, 0.2) is 4.99 Å². The molecular formula is C8H15IN2S. The zero-order chi connectivity index (χ0) is 7.68. The van der Waals surface area contributed by atoms with E-state index in [4.69, 9.17) is 0 Å². The van der Waals surface area contributed by atoms with Crippen LogP contribution in [0.2, 0.25) is 0 Å². The quantitative estimate of drug-likeness (QED) is 0.560. The molecule has 0 aromatic rings. The predicted molar refractivity (Wildman–Crippen MR) is 65.9 cm³/mol. The maximum Gasteiger partial charge on any atom is 0.107 e. The zero-order valence-electron chi connectivity index (χ0n) is 6.99. The molecule has 4 heteroatoms. The van der Waals surface area contributed by atoms with Gasteiger partial charge < -0.3 is 5.32 Å². The van der Waals surface area contributed by atoms with E-state index in [1.165, 1.54) is 25.7 Å². The maximum atomic E-state index is 4.56. The topological polar surface area (TPSA) is 24.4 Å². The average molecular weight is 298 g/mol. The van der Waals surface area contributed by atoms with Crippen molar-refractivity contribution in [3.8, 4) is 0 Å². The van der Waals surface area contributed by atoms with Gasteiger partial charge >= 0.3 is 0 Å².